The third-order valence-corrected chi connectivity index (χ3v) is 5.29. The zero-order valence-electron chi connectivity index (χ0n) is 17.2. The minimum atomic E-state index is -3.05. The number of ether oxygens (including phenoxy) is 2. The predicted molar refractivity (Wildman–Crippen MR) is 109 cm³/mol. The highest BCUT2D eigenvalue weighted by Gasteiger charge is 2.24. The van der Waals surface area contributed by atoms with Crippen LogP contribution in [0.5, 0.6) is 11.5 Å². The van der Waals surface area contributed by atoms with Gasteiger partial charge in [0.1, 0.15) is 30.8 Å². The van der Waals surface area contributed by atoms with Crippen molar-refractivity contribution >= 4 is 0 Å². The quantitative estimate of drug-likeness (QED) is 0.554. The maximum absolute atomic E-state index is 13.0. The highest BCUT2D eigenvalue weighted by molar-refractivity contribution is 5.41. The molecule has 0 amide bonds. The Labute approximate surface area is 175 Å². The van der Waals surface area contributed by atoms with Crippen LogP contribution in [-0.2, 0) is 5.41 Å². The number of aliphatic hydroxyl groups is 1. The van der Waals surface area contributed by atoms with Crippen LogP contribution in [0.2, 0.25) is 0 Å². The fourth-order valence-electron chi connectivity index (χ4n) is 3.15. The van der Waals surface area contributed by atoms with E-state index < -0.39 is 25.3 Å². The van der Waals surface area contributed by atoms with Crippen molar-refractivity contribution in [3.63, 3.8) is 0 Å². The lowest BCUT2D eigenvalue weighted by Crippen LogP contribution is -2.26. The standard InChI is InChI=1S/C23H28F3NO3/c1-23(2,17-5-9-20(10-6-17)30-15-21(24)22(25)26)16-3-7-19(8-4-16)29-14-18(28)13-27-11-12-27/h3-10,18,21-22,28H,11-15H2,1-2H3. The summed E-state index contributed by atoms with van der Waals surface area (Å²) < 4.78 is 48.2. The van der Waals surface area contributed by atoms with Crippen molar-refractivity contribution in [1.82, 2.24) is 4.90 Å². The van der Waals surface area contributed by atoms with E-state index in [1.54, 1.807) is 12.1 Å². The summed E-state index contributed by atoms with van der Waals surface area (Å²) in [5, 5.41) is 9.94. The Morgan fingerprint density at radius 1 is 0.867 bits per heavy atom. The average Bonchev–Trinajstić information content (AvgIpc) is 3.55. The first-order valence-electron chi connectivity index (χ1n) is 10.0. The topological polar surface area (TPSA) is 41.7 Å². The third-order valence-electron chi connectivity index (χ3n) is 5.29. The van der Waals surface area contributed by atoms with Gasteiger partial charge in [-0.15, -0.1) is 0 Å². The summed E-state index contributed by atoms with van der Waals surface area (Å²) in [5.74, 6) is 1.05. The smallest absolute Gasteiger partial charge is 0.272 e. The zero-order valence-corrected chi connectivity index (χ0v) is 17.2. The predicted octanol–water partition coefficient (Wildman–Crippen LogP) is 4.05. The van der Waals surface area contributed by atoms with Gasteiger partial charge in [-0.25, -0.2) is 13.2 Å². The fraction of sp³-hybridized carbons (Fsp3) is 0.478. The number of rotatable bonds is 11. The first kappa shape index (κ1) is 22.4. The summed E-state index contributed by atoms with van der Waals surface area (Å²) >= 11 is 0. The van der Waals surface area contributed by atoms with E-state index in [-0.39, 0.29) is 12.0 Å². The Morgan fingerprint density at radius 2 is 1.33 bits per heavy atom. The molecule has 0 aliphatic carbocycles. The first-order chi connectivity index (χ1) is 14.3. The van der Waals surface area contributed by atoms with E-state index >= 15 is 0 Å². The van der Waals surface area contributed by atoms with Gasteiger partial charge in [0.15, 0.2) is 6.17 Å². The van der Waals surface area contributed by atoms with Gasteiger partial charge >= 0.3 is 0 Å². The van der Waals surface area contributed by atoms with Crippen LogP contribution in [0.25, 0.3) is 0 Å². The molecule has 0 bridgehead atoms. The zero-order chi connectivity index (χ0) is 21.7. The Balaban J connectivity index is 1.57. The maximum Gasteiger partial charge on any atom is 0.272 e. The van der Waals surface area contributed by atoms with Gasteiger partial charge in [-0.3, -0.25) is 4.90 Å². The van der Waals surface area contributed by atoms with Gasteiger partial charge in [-0.05, 0) is 35.4 Å². The second-order valence-electron chi connectivity index (χ2n) is 8.10. The Morgan fingerprint density at radius 3 is 1.77 bits per heavy atom. The normalized spacial score (nSPS) is 16.4. The van der Waals surface area contributed by atoms with Crippen molar-refractivity contribution in [2.45, 2.75) is 38.0 Å². The number of benzene rings is 2. The molecule has 0 aromatic heterocycles. The van der Waals surface area contributed by atoms with Crippen LogP contribution >= 0.6 is 0 Å². The van der Waals surface area contributed by atoms with Gasteiger partial charge in [0.2, 0.25) is 0 Å². The summed E-state index contributed by atoms with van der Waals surface area (Å²) in [6.07, 6.45) is -5.85. The molecule has 1 heterocycles. The first-order valence-corrected chi connectivity index (χ1v) is 10.0. The summed E-state index contributed by atoms with van der Waals surface area (Å²) in [4.78, 5) is 2.14. The van der Waals surface area contributed by atoms with Gasteiger partial charge in [0.05, 0.1) is 0 Å². The number of alkyl halides is 3. The van der Waals surface area contributed by atoms with E-state index in [9.17, 15) is 18.3 Å². The van der Waals surface area contributed by atoms with Gasteiger partial charge < -0.3 is 14.6 Å². The molecule has 0 saturated carbocycles. The number of hydrogen-bond donors (Lipinski definition) is 1. The molecule has 2 aromatic rings. The molecular formula is C23H28F3NO3. The minimum absolute atomic E-state index is 0.256. The Bertz CT molecular complexity index is 792. The van der Waals surface area contributed by atoms with E-state index in [0.29, 0.717) is 18.0 Å². The minimum Gasteiger partial charge on any atom is -0.491 e. The van der Waals surface area contributed by atoms with Crippen LogP contribution in [0.4, 0.5) is 13.2 Å². The molecule has 7 heteroatoms. The van der Waals surface area contributed by atoms with E-state index in [0.717, 1.165) is 24.2 Å². The summed E-state index contributed by atoms with van der Waals surface area (Å²) in [6.45, 7) is 6.45. The van der Waals surface area contributed by atoms with Crippen molar-refractivity contribution < 1.29 is 27.8 Å². The molecular weight excluding hydrogens is 395 g/mol. The van der Waals surface area contributed by atoms with Crippen LogP contribution in [-0.4, -0.2) is 61.6 Å². The molecule has 30 heavy (non-hydrogen) atoms. The molecule has 1 N–H and O–H groups in total. The molecule has 1 fully saturated rings. The number of nitrogens with zero attached hydrogens (tertiary/aromatic N) is 1. The van der Waals surface area contributed by atoms with Crippen LogP contribution in [0.3, 0.4) is 0 Å². The lowest BCUT2D eigenvalue weighted by Gasteiger charge is -2.26. The lowest BCUT2D eigenvalue weighted by molar-refractivity contribution is 0.0231. The molecule has 2 unspecified atom stereocenters. The highest BCUT2D eigenvalue weighted by atomic mass is 19.3. The van der Waals surface area contributed by atoms with Crippen molar-refractivity contribution in [1.29, 1.82) is 0 Å². The van der Waals surface area contributed by atoms with Crippen molar-refractivity contribution in [2.24, 2.45) is 0 Å². The van der Waals surface area contributed by atoms with Gasteiger partial charge in [-0.2, -0.15) is 0 Å². The molecule has 1 aliphatic rings. The molecule has 3 rings (SSSR count). The third kappa shape index (κ3) is 6.12. The molecule has 2 atom stereocenters. The average molecular weight is 423 g/mol. The van der Waals surface area contributed by atoms with E-state index in [2.05, 4.69) is 18.7 Å². The van der Waals surface area contributed by atoms with E-state index in [4.69, 9.17) is 9.47 Å². The highest BCUT2D eigenvalue weighted by Crippen LogP contribution is 2.33. The molecule has 0 radical (unpaired) electrons. The SMILES string of the molecule is CC(C)(c1ccc(OCC(O)CN2CC2)cc1)c1ccc(OCC(F)C(F)F)cc1. The number of aliphatic hydroxyl groups excluding tert-OH is 1. The molecule has 1 saturated heterocycles. The summed E-state index contributed by atoms with van der Waals surface area (Å²) in [7, 11) is 0. The fourth-order valence-corrected chi connectivity index (χ4v) is 3.15. The number of halogens is 3. The maximum atomic E-state index is 13.0. The number of β-amino-alcohol motifs (C(OH)–C–C–N with tert-alkyl or cyclic N) is 1. The lowest BCUT2D eigenvalue weighted by atomic mass is 9.78. The van der Waals surface area contributed by atoms with Crippen molar-refractivity contribution in [3.05, 3.63) is 59.7 Å². The van der Waals surface area contributed by atoms with Crippen LogP contribution in [0, 0.1) is 0 Å². The van der Waals surface area contributed by atoms with E-state index in [1.807, 2.05) is 36.4 Å². The van der Waals surface area contributed by atoms with Crippen molar-refractivity contribution in [2.75, 3.05) is 32.8 Å². The molecule has 1 aliphatic heterocycles. The summed E-state index contributed by atoms with van der Waals surface area (Å²) in [5.41, 5.74) is 1.75. The van der Waals surface area contributed by atoms with E-state index in [1.165, 1.54) is 0 Å². The largest absolute Gasteiger partial charge is 0.491 e. The Hall–Kier alpha value is -2.25. The second-order valence-corrected chi connectivity index (χ2v) is 8.10. The molecule has 2 aromatic carbocycles. The van der Waals surface area contributed by atoms with Crippen LogP contribution in [0.15, 0.2) is 48.5 Å². The van der Waals surface area contributed by atoms with Crippen LogP contribution < -0.4 is 9.47 Å². The van der Waals surface area contributed by atoms with Crippen LogP contribution in [0.1, 0.15) is 25.0 Å². The number of hydrogen-bond acceptors (Lipinski definition) is 4. The molecule has 0 spiro atoms. The molecule has 4 nitrogen and oxygen atoms in total. The second kappa shape index (κ2) is 9.71. The van der Waals surface area contributed by atoms with Gasteiger partial charge in [0.25, 0.3) is 6.43 Å². The monoisotopic (exact) mass is 423 g/mol. The van der Waals surface area contributed by atoms with Gasteiger partial charge in [0, 0.05) is 25.0 Å². The summed E-state index contributed by atoms with van der Waals surface area (Å²) in [6, 6.07) is 14.7. The Kier molecular flexibility index (Phi) is 7.26. The van der Waals surface area contributed by atoms with Gasteiger partial charge in [-0.1, -0.05) is 38.1 Å². The van der Waals surface area contributed by atoms with Crippen molar-refractivity contribution in [3.8, 4) is 11.5 Å². The molecule has 164 valence electrons.